The van der Waals surface area contributed by atoms with Gasteiger partial charge in [0.05, 0.1) is 0 Å². The van der Waals surface area contributed by atoms with Crippen LogP contribution >= 0.6 is 0 Å². The number of aryl methyl sites for hydroxylation is 5. The largest absolute Gasteiger partial charge is 0.507 e. The highest BCUT2D eigenvalue weighted by atomic mass is 16.3. The fourth-order valence-electron chi connectivity index (χ4n) is 4.17. The number of rotatable bonds is 1. The van der Waals surface area contributed by atoms with E-state index in [0.29, 0.717) is 28.0 Å². The van der Waals surface area contributed by atoms with Crippen molar-refractivity contribution in [1.29, 1.82) is 0 Å². The minimum atomic E-state index is -0.00355. The number of hydrogen-bond donors (Lipinski definition) is 1. The van der Waals surface area contributed by atoms with Gasteiger partial charge in [0.25, 0.3) is 0 Å². The van der Waals surface area contributed by atoms with Gasteiger partial charge >= 0.3 is 0 Å². The maximum absolute atomic E-state index is 12.6. The zero-order valence-electron chi connectivity index (χ0n) is 17.2. The van der Waals surface area contributed by atoms with Gasteiger partial charge in [-0.2, -0.15) is 0 Å². The maximum atomic E-state index is 12.6. The summed E-state index contributed by atoms with van der Waals surface area (Å²) in [5, 5.41) is 11.4. The lowest BCUT2D eigenvalue weighted by molar-refractivity contribution is 0.465. The molecule has 28 heavy (non-hydrogen) atoms. The van der Waals surface area contributed by atoms with Crippen molar-refractivity contribution in [3.05, 3.63) is 73.9 Å². The quantitative estimate of drug-likeness (QED) is 0.409. The van der Waals surface area contributed by atoms with E-state index in [9.17, 15) is 9.90 Å². The Kier molecular flexibility index (Phi) is 4.07. The highest BCUT2D eigenvalue weighted by molar-refractivity contribution is 6.04. The van der Waals surface area contributed by atoms with Gasteiger partial charge in [-0.05, 0) is 75.9 Å². The summed E-state index contributed by atoms with van der Waals surface area (Å²) in [5.41, 5.74) is 8.87. The highest BCUT2D eigenvalue weighted by Crippen LogP contribution is 2.45. The Morgan fingerprint density at radius 3 is 2.18 bits per heavy atom. The van der Waals surface area contributed by atoms with Gasteiger partial charge in [-0.1, -0.05) is 23.8 Å². The summed E-state index contributed by atoms with van der Waals surface area (Å²) >= 11 is 0. The van der Waals surface area contributed by atoms with E-state index in [0.717, 1.165) is 27.6 Å². The smallest absolute Gasteiger partial charge is 0.188 e. The van der Waals surface area contributed by atoms with Crippen LogP contribution in [-0.4, -0.2) is 5.11 Å². The summed E-state index contributed by atoms with van der Waals surface area (Å²) in [6.07, 6.45) is 0. The molecule has 0 bridgehead atoms. The predicted octanol–water partition coefficient (Wildman–Crippen LogP) is 6.12. The molecule has 0 radical (unpaired) electrons. The van der Waals surface area contributed by atoms with E-state index >= 15 is 0 Å². The zero-order valence-corrected chi connectivity index (χ0v) is 17.2. The number of benzene rings is 3. The third kappa shape index (κ3) is 2.54. The molecule has 2 aromatic carbocycles. The first-order chi connectivity index (χ1) is 13.2. The molecule has 1 aliphatic carbocycles. The summed E-state index contributed by atoms with van der Waals surface area (Å²) in [5.74, 6) is 0.818. The molecule has 0 spiro atoms. The van der Waals surface area contributed by atoms with Crippen molar-refractivity contribution in [3.8, 4) is 28.2 Å². The van der Waals surface area contributed by atoms with Crippen molar-refractivity contribution < 1.29 is 9.52 Å². The van der Waals surface area contributed by atoms with Gasteiger partial charge < -0.3 is 9.52 Å². The SMILES string of the molecule is Cc1ccc(-c2c3cc(C)c(=O)c(C)c-3oc3c(C)c(O)c(C)cc23)c(C)c1. The van der Waals surface area contributed by atoms with Crippen LogP contribution in [-0.2, 0) is 0 Å². The molecule has 0 unspecified atom stereocenters. The summed E-state index contributed by atoms with van der Waals surface area (Å²) in [6.45, 7) is 11.6. The van der Waals surface area contributed by atoms with E-state index in [4.69, 9.17) is 4.42 Å². The molecule has 0 aromatic heterocycles. The molecule has 3 heteroatoms. The maximum Gasteiger partial charge on any atom is 0.188 e. The lowest BCUT2D eigenvalue weighted by Gasteiger charge is -2.20. The van der Waals surface area contributed by atoms with Gasteiger partial charge in [-0.25, -0.2) is 0 Å². The van der Waals surface area contributed by atoms with Gasteiger partial charge in [0.15, 0.2) is 5.43 Å². The Hall–Kier alpha value is -3.07. The van der Waals surface area contributed by atoms with E-state index in [1.807, 2.05) is 39.8 Å². The summed E-state index contributed by atoms with van der Waals surface area (Å²) < 4.78 is 6.25. The van der Waals surface area contributed by atoms with Crippen molar-refractivity contribution in [2.24, 2.45) is 0 Å². The first kappa shape index (κ1) is 18.3. The number of fused-ring (bicyclic) bond motifs is 2. The molecule has 4 rings (SSSR count). The number of phenols is 1. The lowest BCUT2D eigenvalue weighted by atomic mass is 9.87. The van der Waals surface area contributed by atoms with Crippen LogP contribution < -0.4 is 5.43 Å². The molecule has 2 aromatic rings. The molecule has 0 saturated heterocycles. The monoisotopic (exact) mass is 372 g/mol. The first-order valence-electron chi connectivity index (χ1n) is 9.48. The van der Waals surface area contributed by atoms with E-state index in [-0.39, 0.29) is 11.2 Å². The van der Waals surface area contributed by atoms with Crippen LogP contribution in [0.15, 0.2) is 39.5 Å². The van der Waals surface area contributed by atoms with Crippen LogP contribution in [0, 0.1) is 41.5 Å². The second-order valence-electron chi connectivity index (χ2n) is 7.86. The third-order valence-electron chi connectivity index (χ3n) is 5.71. The highest BCUT2D eigenvalue weighted by Gasteiger charge is 2.24. The standard InChI is InChI=1S/C25H24O3/c1-12-7-8-18(13(2)9-12)21-19-10-14(3)22(26)16(5)24(19)28-25-17(6)23(27)15(4)11-20(21)25/h7-11,26H,1-6H3. The molecule has 142 valence electrons. The van der Waals surface area contributed by atoms with Crippen molar-refractivity contribution in [2.75, 3.05) is 0 Å². The van der Waals surface area contributed by atoms with Gasteiger partial charge in [0.2, 0.25) is 0 Å². The Morgan fingerprint density at radius 1 is 0.786 bits per heavy atom. The second-order valence-corrected chi connectivity index (χ2v) is 7.86. The average molecular weight is 372 g/mol. The molecule has 3 nitrogen and oxygen atoms in total. The fourth-order valence-corrected chi connectivity index (χ4v) is 4.17. The van der Waals surface area contributed by atoms with Gasteiger partial charge in [0.1, 0.15) is 17.1 Å². The molecule has 1 heterocycles. The molecule has 0 fully saturated rings. The average Bonchev–Trinajstić information content (AvgIpc) is 2.64. The fraction of sp³-hybridized carbons (Fsp3) is 0.240. The summed E-state index contributed by atoms with van der Waals surface area (Å²) in [6, 6.07) is 10.3. The Bertz CT molecular complexity index is 1290. The molecule has 2 aliphatic rings. The molecular formula is C25H24O3. The summed E-state index contributed by atoms with van der Waals surface area (Å²) in [7, 11) is 0. The van der Waals surface area contributed by atoms with Crippen LogP contribution in [0.2, 0.25) is 0 Å². The van der Waals surface area contributed by atoms with Gasteiger partial charge in [-0.15, -0.1) is 0 Å². The second kappa shape index (κ2) is 6.23. The van der Waals surface area contributed by atoms with E-state index in [1.54, 1.807) is 0 Å². The normalized spacial score (nSPS) is 11.5. The van der Waals surface area contributed by atoms with Gasteiger partial charge in [-0.3, -0.25) is 4.79 Å². The van der Waals surface area contributed by atoms with E-state index in [1.165, 1.54) is 11.1 Å². The number of hydrogen-bond acceptors (Lipinski definition) is 3. The minimum Gasteiger partial charge on any atom is -0.507 e. The third-order valence-corrected chi connectivity index (χ3v) is 5.71. The van der Waals surface area contributed by atoms with Crippen molar-refractivity contribution >= 4 is 11.0 Å². The molecule has 0 amide bonds. The molecular weight excluding hydrogens is 348 g/mol. The molecule has 1 aliphatic heterocycles. The van der Waals surface area contributed by atoms with Crippen LogP contribution in [0.1, 0.15) is 33.4 Å². The predicted molar refractivity (Wildman–Crippen MR) is 115 cm³/mol. The van der Waals surface area contributed by atoms with Crippen LogP contribution in [0.4, 0.5) is 0 Å². The number of aromatic hydroxyl groups is 1. The molecule has 0 saturated carbocycles. The van der Waals surface area contributed by atoms with Crippen molar-refractivity contribution in [3.63, 3.8) is 0 Å². The summed E-state index contributed by atoms with van der Waals surface area (Å²) in [4.78, 5) is 12.6. The minimum absolute atomic E-state index is 0.00355. The zero-order chi connectivity index (χ0) is 20.3. The van der Waals surface area contributed by atoms with E-state index in [2.05, 4.69) is 32.0 Å². The van der Waals surface area contributed by atoms with Crippen LogP contribution in [0.25, 0.3) is 33.4 Å². The van der Waals surface area contributed by atoms with Crippen molar-refractivity contribution in [2.45, 2.75) is 41.5 Å². The lowest BCUT2D eigenvalue weighted by Crippen LogP contribution is -2.11. The van der Waals surface area contributed by atoms with Crippen LogP contribution in [0.3, 0.4) is 0 Å². The van der Waals surface area contributed by atoms with Crippen LogP contribution in [0.5, 0.6) is 5.75 Å². The number of phenolic OH excluding ortho intramolecular Hbond substituents is 1. The Morgan fingerprint density at radius 2 is 1.50 bits per heavy atom. The van der Waals surface area contributed by atoms with Crippen molar-refractivity contribution in [1.82, 2.24) is 0 Å². The molecule has 0 atom stereocenters. The van der Waals surface area contributed by atoms with Gasteiger partial charge in [0, 0.05) is 27.6 Å². The molecule has 1 N–H and O–H groups in total. The topological polar surface area (TPSA) is 50.4 Å². The Labute approximate surface area is 164 Å². The Balaban J connectivity index is 2.32. The van der Waals surface area contributed by atoms with E-state index < -0.39 is 0 Å². The first-order valence-corrected chi connectivity index (χ1v) is 9.48.